The Morgan fingerprint density at radius 2 is 1.94 bits per heavy atom. The number of benzene rings is 1. The molecule has 0 amide bonds. The molecule has 90 valence electrons. The minimum atomic E-state index is -0.384. The number of nitrogens with one attached hydrogen (secondary N) is 1. The van der Waals surface area contributed by atoms with Crippen molar-refractivity contribution in [1.82, 2.24) is 0 Å². The highest BCUT2D eigenvalue weighted by molar-refractivity contribution is 5.66. The third kappa shape index (κ3) is 4.06. The number of hydrogen-bond donors (Lipinski definition) is 3. The molecule has 4 N–H and O–H groups in total. The smallest absolute Gasteiger partial charge is 0.148 e. The number of hydrogen-bond acceptors (Lipinski definition) is 3. The van der Waals surface area contributed by atoms with Crippen molar-refractivity contribution >= 4 is 11.4 Å². The topological polar surface area (TPSA) is 58.3 Å². The maximum atomic E-state index is 13.1. The molecule has 1 aromatic carbocycles. The average molecular weight is 226 g/mol. The van der Waals surface area contributed by atoms with E-state index in [1.54, 1.807) is 12.1 Å². The van der Waals surface area contributed by atoms with Crippen molar-refractivity contribution in [2.75, 3.05) is 24.2 Å². The highest BCUT2D eigenvalue weighted by atomic mass is 19.1. The van der Waals surface area contributed by atoms with Crippen LogP contribution in [0.4, 0.5) is 15.8 Å². The summed E-state index contributed by atoms with van der Waals surface area (Å²) in [6, 6.07) is 4.76. The van der Waals surface area contributed by atoms with Crippen LogP contribution in [0.15, 0.2) is 18.2 Å². The summed E-state index contributed by atoms with van der Waals surface area (Å²) >= 11 is 0. The SMILES string of the molecule is Nc1c(F)cccc1NCCCCCCO. The van der Waals surface area contributed by atoms with Gasteiger partial charge in [-0.15, -0.1) is 0 Å². The molecule has 0 heterocycles. The van der Waals surface area contributed by atoms with Crippen molar-refractivity contribution < 1.29 is 9.50 Å². The Bertz CT molecular complexity index is 318. The van der Waals surface area contributed by atoms with E-state index >= 15 is 0 Å². The number of para-hydroxylation sites is 1. The van der Waals surface area contributed by atoms with E-state index < -0.39 is 0 Å². The zero-order chi connectivity index (χ0) is 11.8. The van der Waals surface area contributed by atoms with Crippen LogP contribution < -0.4 is 11.1 Å². The van der Waals surface area contributed by atoms with E-state index in [0.717, 1.165) is 32.2 Å². The zero-order valence-electron chi connectivity index (χ0n) is 9.38. The fourth-order valence-corrected chi connectivity index (χ4v) is 1.50. The second-order valence-electron chi connectivity index (χ2n) is 3.77. The van der Waals surface area contributed by atoms with E-state index in [-0.39, 0.29) is 18.1 Å². The Labute approximate surface area is 95.5 Å². The normalized spacial score (nSPS) is 10.4. The number of nitrogen functional groups attached to an aromatic ring is 1. The fraction of sp³-hybridized carbons (Fsp3) is 0.500. The Morgan fingerprint density at radius 3 is 2.69 bits per heavy atom. The second-order valence-corrected chi connectivity index (χ2v) is 3.77. The molecule has 0 spiro atoms. The molecule has 1 rings (SSSR count). The molecule has 0 aliphatic heterocycles. The lowest BCUT2D eigenvalue weighted by molar-refractivity contribution is 0.283. The van der Waals surface area contributed by atoms with Crippen LogP contribution in [-0.2, 0) is 0 Å². The molecule has 0 fully saturated rings. The lowest BCUT2D eigenvalue weighted by atomic mass is 10.2. The molecule has 0 aliphatic rings. The average Bonchev–Trinajstić information content (AvgIpc) is 2.29. The molecular formula is C12H19FN2O. The van der Waals surface area contributed by atoms with Crippen molar-refractivity contribution in [3.63, 3.8) is 0 Å². The van der Waals surface area contributed by atoms with Gasteiger partial charge in [0.2, 0.25) is 0 Å². The molecular weight excluding hydrogens is 207 g/mol. The summed E-state index contributed by atoms with van der Waals surface area (Å²) in [5.74, 6) is -0.384. The first-order valence-electron chi connectivity index (χ1n) is 5.64. The van der Waals surface area contributed by atoms with Crippen LogP contribution >= 0.6 is 0 Å². The van der Waals surface area contributed by atoms with Crippen LogP contribution in [0, 0.1) is 5.82 Å². The number of unbranched alkanes of at least 4 members (excludes halogenated alkanes) is 3. The minimum Gasteiger partial charge on any atom is -0.396 e. The summed E-state index contributed by atoms with van der Waals surface area (Å²) in [5.41, 5.74) is 6.41. The quantitative estimate of drug-likeness (QED) is 0.494. The van der Waals surface area contributed by atoms with Crippen LogP contribution in [0.5, 0.6) is 0 Å². The van der Waals surface area contributed by atoms with Crippen LogP contribution in [0.2, 0.25) is 0 Å². The standard InChI is InChI=1S/C12H19FN2O/c13-10-6-5-7-11(12(10)14)15-8-3-1-2-4-9-16/h5-7,15-16H,1-4,8-9,14H2. The van der Waals surface area contributed by atoms with Crippen molar-refractivity contribution in [2.24, 2.45) is 0 Å². The molecule has 0 aromatic heterocycles. The van der Waals surface area contributed by atoms with Crippen LogP contribution in [0.1, 0.15) is 25.7 Å². The first-order valence-corrected chi connectivity index (χ1v) is 5.64. The van der Waals surface area contributed by atoms with E-state index in [9.17, 15) is 4.39 Å². The van der Waals surface area contributed by atoms with Gasteiger partial charge in [-0.2, -0.15) is 0 Å². The van der Waals surface area contributed by atoms with E-state index in [4.69, 9.17) is 10.8 Å². The molecule has 0 saturated carbocycles. The summed E-state index contributed by atoms with van der Waals surface area (Å²) in [6.45, 7) is 1.03. The number of rotatable bonds is 7. The molecule has 0 aliphatic carbocycles. The molecule has 0 unspecified atom stereocenters. The summed E-state index contributed by atoms with van der Waals surface area (Å²) in [7, 11) is 0. The van der Waals surface area contributed by atoms with Gasteiger partial charge < -0.3 is 16.2 Å². The molecule has 3 nitrogen and oxygen atoms in total. The van der Waals surface area contributed by atoms with E-state index in [1.807, 2.05) is 0 Å². The summed E-state index contributed by atoms with van der Waals surface area (Å²) in [5, 5.41) is 11.7. The van der Waals surface area contributed by atoms with Gasteiger partial charge in [0, 0.05) is 13.2 Å². The van der Waals surface area contributed by atoms with Crippen molar-refractivity contribution in [3.8, 4) is 0 Å². The maximum Gasteiger partial charge on any atom is 0.148 e. The lowest BCUT2D eigenvalue weighted by Crippen LogP contribution is -2.05. The van der Waals surface area contributed by atoms with E-state index in [2.05, 4.69) is 5.32 Å². The number of nitrogens with two attached hydrogens (primary N) is 1. The molecule has 4 heteroatoms. The van der Waals surface area contributed by atoms with E-state index in [0.29, 0.717) is 5.69 Å². The van der Waals surface area contributed by atoms with Crippen LogP contribution in [0.25, 0.3) is 0 Å². The van der Waals surface area contributed by atoms with Gasteiger partial charge in [-0.05, 0) is 25.0 Å². The minimum absolute atomic E-state index is 0.179. The molecule has 0 bridgehead atoms. The van der Waals surface area contributed by atoms with Gasteiger partial charge in [0.05, 0.1) is 11.4 Å². The fourth-order valence-electron chi connectivity index (χ4n) is 1.50. The summed E-state index contributed by atoms with van der Waals surface area (Å²) < 4.78 is 13.1. The Kier molecular flexibility index (Phi) is 5.64. The molecule has 1 aromatic rings. The van der Waals surface area contributed by atoms with Crippen molar-refractivity contribution in [3.05, 3.63) is 24.0 Å². The number of aliphatic hydroxyl groups is 1. The third-order valence-corrected chi connectivity index (χ3v) is 2.45. The van der Waals surface area contributed by atoms with Gasteiger partial charge in [0.1, 0.15) is 5.82 Å². The van der Waals surface area contributed by atoms with Gasteiger partial charge in [-0.3, -0.25) is 0 Å². The first kappa shape index (κ1) is 12.8. The molecule has 16 heavy (non-hydrogen) atoms. The van der Waals surface area contributed by atoms with Crippen molar-refractivity contribution in [1.29, 1.82) is 0 Å². The zero-order valence-corrected chi connectivity index (χ0v) is 9.38. The number of aliphatic hydroxyl groups excluding tert-OH is 1. The number of halogens is 1. The van der Waals surface area contributed by atoms with Gasteiger partial charge in [-0.1, -0.05) is 18.9 Å². The van der Waals surface area contributed by atoms with Crippen molar-refractivity contribution in [2.45, 2.75) is 25.7 Å². The second kappa shape index (κ2) is 7.06. The molecule has 0 saturated heterocycles. The third-order valence-electron chi connectivity index (χ3n) is 2.45. The summed E-state index contributed by atoms with van der Waals surface area (Å²) in [6.07, 6.45) is 3.93. The summed E-state index contributed by atoms with van der Waals surface area (Å²) in [4.78, 5) is 0. The predicted octanol–water partition coefficient (Wildman–Crippen LogP) is 2.37. The molecule has 0 radical (unpaired) electrons. The highest BCUT2D eigenvalue weighted by Gasteiger charge is 2.02. The van der Waals surface area contributed by atoms with Gasteiger partial charge >= 0.3 is 0 Å². The number of anilines is 2. The maximum absolute atomic E-state index is 13.1. The van der Waals surface area contributed by atoms with Crippen LogP contribution in [0.3, 0.4) is 0 Å². The Hall–Kier alpha value is -1.29. The Morgan fingerprint density at radius 1 is 1.19 bits per heavy atom. The highest BCUT2D eigenvalue weighted by Crippen LogP contribution is 2.20. The van der Waals surface area contributed by atoms with Gasteiger partial charge in [0.25, 0.3) is 0 Å². The first-order chi connectivity index (χ1) is 7.75. The van der Waals surface area contributed by atoms with Gasteiger partial charge in [-0.25, -0.2) is 4.39 Å². The Balaban J connectivity index is 2.24. The van der Waals surface area contributed by atoms with Crippen LogP contribution in [-0.4, -0.2) is 18.3 Å². The largest absolute Gasteiger partial charge is 0.396 e. The molecule has 0 atom stereocenters. The lowest BCUT2D eigenvalue weighted by Gasteiger charge is -2.09. The predicted molar refractivity (Wildman–Crippen MR) is 64.9 cm³/mol. The monoisotopic (exact) mass is 226 g/mol. The van der Waals surface area contributed by atoms with Gasteiger partial charge in [0.15, 0.2) is 0 Å². The van der Waals surface area contributed by atoms with E-state index in [1.165, 1.54) is 6.07 Å².